The number of carbonyl (C=O) groups is 1. The summed E-state index contributed by atoms with van der Waals surface area (Å²) in [6.45, 7) is 0.381. The molecular formula is C10H14N4O5S2. The second-order valence-corrected chi connectivity index (χ2v) is 7.83. The first-order valence-electron chi connectivity index (χ1n) is 6.01. The van der Waals surface area contributed by atoms with Crippen LogP contribution in [0.3, 0.4) is 0 Å². The van der Waals surface area contributed by atoms with Gasteiger partial charge < -0.3 is 10.6 Å². The molecule has 11 heteroatoms. The number of nitro groups is 1. The fourth-order valence-corrected chi connectivity index (χ4v) is 4.73. The van der Waals surface area contributed by atoms with Crippen molar-refractivity contribution in [1.82, 2.24) is 9.21 Å². The van der Waals surface area contributed by atoms with Gasteiger partial charge in [0.25, 0.3) is 10.0 Å². The molecule has 1 aliphatic rings. The zero-order valence-electron chi connectivity index (χ0n) is 11.2. The predicted molar refractivity (Wildman–Crippen MR) is 76.4 cm³/mol. The Labute approximate surface area is 125 Å². The Balaban J connectivity index is 2.35. The lowest BCUT2D eigenvalue weighted by molar-refractivity contribution is -0.383. The predicted octanol–water partition coefficient (Wildman–Crippen LogP) is 0.0913. The number of sulfonamides is 1. The Morgan fingerprint density at radius 2 is 2.10 bits per heavy atom. The highest BCUT2D eigenvalue weighted by Gasteiger charge is 2.33. The number of rotatable bonds is 3. The standard InChI is InChI=1S/C10H14N4O5S2/c1-12-3-2-4-13(6-8(12)15)21(18,19)9-5-7(14(16)17)10(11)20-9/h5H,2-4,6,11H2,1H3. The highest BCUT2D eigenvalue weighted by atomic mass is 32.2. The molecule has 2 rings (SSSR count). The van der Waals surface area contributed by atoms with Gasteiger partial charge in [-0.15, -0.1) is 0 Å². The summed E-state index contributed by atoms with van der Waals surface area (Å²) in [5.41, 5.74) is 5.03. The van der Waals surface area contributed by atoms with E-state index in [1.165, 1.54) is 4.90 Å². The van der Waals surface area contributed by atoms with E-state index in [1.807, 2.05) is 0 Å². The van der Waals surface area contributed by atoms with E-state index in [4.69, 9.17) is 5.73 Å². The number of hydrogen-bond donors (Lipinski definition) is 1. The summed E-state index contributed by atoms with van der Waals surface area (Å²) in [6.07, 6.45) is 0.504. The van der Waals surface area contributed by atoms with Gasteiger partial charge in [0.2, 0.25) is 5.91 Å². The molecular weight excluding hydrogens is 320 g/mol. The van der Waals surface area contributed by atoms with Gasteiger partial charge in [-0.2, -0.15) is 4.31 Å². The normalized spacial score (nSPS) is 17.8. The Morgan fingerprint density at radius 1 is 1.43 bits per heavy atom. The third-order valence-corrected chi connectivity index (χ3v) is 6.39. The van der Waals surface area contributed by atoms with Crippen LogP contribution in [0.15, 0.2) is 10.3 Å². The molecule has 0 aromatic carbocycles. The minimum Gasteiger partial charge on any atom is -0.385 e. The summed E-state index contributed by atoms with van der Waals surface area (Å²) in [5, 5.41) is 10.6. The molecule has 21 heavy (non-hydrogen) atoms. The van der Waals surface area contributed by atoms with E-state index in [0.29, 0.717) is 24.3 Å². The first-order chi connectivity index (χ1) is 9.73. The zero-order valence-corrected chi connectivity index (χ0v) is 12.8. The van der Waals surface area contributed by atoms with Crippen LogP contribution in [-0.4, -0.2) is 55.1 Å². The molecule has 0 atom stereocenters. The molecule has 0 bridgehead atoms. The van der Waals surface area contributed by atoms with Crippen LogP contribution in [0, 0.1) is 10.1 Å². The summed E-state index contributed by atoms with van der Waals surface area (Å²) < 4.78 is 25.8. The summed E-state index contributed by atoms with van der Waals surface area (Å²) in [4.78, 5) is 23.3. The van der Waals surface area contributed by atoms with Crippen molar-refractivity contribution in [2.45, 2.75) is 10.6 Å². The molecule has 0 saturated carbocycles. The number of carbonyl (C=O) groups excluding carboxylic acids is 1. The summed E-state index contributed by atoms with van der Waals surface area (Å²) in [5.74, 6) is -0.310. The van der Waals surface area contributed by atoms with Gasteiger partial charge in [0.15, 0.2) is 5.00 Å². The monoisotopic (exact) mass is 334 g/mol. The van der Waals surface area contributed by atoms with E-state index in [2.05, 4.69) is 0 Å². The van der Waals surface area contributed by atoms with Crippen molar-refractivity contribution >= 4 is 38.0 Å². The molecule has 0 unspecified atom stereocenters. The molecule has 1 aliphatic heterocycles. The van der Waals surface area contributed by atoms with Gasteiger partial charge in [0.1, 0.15) is 4.21 Å². The van der Waals surface area contributed by atoms with Gasteiger partial charge in [-0.05, 0) is 6.42 Å². The quantitative estimate of drug-likeness (QED) is 0.616. The maximum Gasteiger partial charge on any atom is 0.304 e. The van der Waals surface area contributed by atoms with Gasteiger partial charge in [-0.25, -0.2) is 8.42 Å². The van der Waals surface area contributed by atoms with Gasteiger partial charge in [0.05, 0.1) is 11.5 Å². The van der Waals surface area contributed by atoms with Crippen molar-refractivity contribution in [3.8, 4) is 0 Å². The number of anilines is 1. The van der Waals surface area contributed by atoms with Crippen molar-refractivity contribution in [1.29, 1.82) is 0 Å². The minimum atomic E-state index is -3.96. The number of hydrogen-bond acceptors (Lipinski definition) is 7. The molecule has 0 radical (unpaired) electrons. The van der Waals surface area contributed by atoms with Crippen LogP contribution in [0.25, 0.3) is 0 Å². The average molecular weight is 334 g/mol. The maximum atomic E-state index is 12.5. The second-order valence-electron chi connectivity index (χ2n) is 4.58. The van der Waals surface area contributed by atoms with Crippen LogP contribution in [0.1, 0.15) is 6.42 Å². The summed E-state index contributed by atoms with van der Waals surface area (Å²) >= 11 is 0.634. The number of thiophene rings is 1. The van der Waals surface area contributed by atoms with Crippen molar-refractivity contribution in [3.05, 3.63) is 16.2 Å². The van der Waals surface area contributed by atoms with E-state index in [0.717, 1.165) is 10.4 Å². The third-order valence-electron chi connectivity index (χ3n) is 3.15. The molecule has 1 saturated heterocycles. The highest BCUT2D eigenvalue weighted by molar-refractivity contribution is 7.91. The largest absolute Gasteiger partial charge is 0.385 e. The zero-order chi connectivity index (χ0) is 15.8. The number of nitrogens with two attached hydrogens (primary N) is 1. The SMILES string of the molecule is CN1CCCN(S(=O)(=O)c2cc([N+](=O)[O-])c(N)s2)CC1=O. The molecule has 1 aromatic heterocycles. The summed E-state index contributed by atoms with van der Waals surface area (Å²) in [7, 11) is -2.35. The molecule has 1 aromatic rings. The Hall–Kier alpha value is -1.72. The van der Waals surface area contributed by atoms with Crippen molar-refractivity contribution in [2.75, 3.05) is 32.4 Å². The smallest absolute Gasteiger partial charge is 0.304 e. The van der Waals surface area contributed by atoms with Gasteiger partial charge in [-0.3, -0.25) is 14.9 Å². The minimum absolute atomic E-state index is 0.170. The van der Waals surface area contributed by atoms with E-state index >= 15 is 0 Å². The molecule has 1 amide bonds. The first-order valence-corrected chi connectivity index (χ1v) is 8.27. The van der Waals surface area contributed by atoms with Crippen LogP contribution in [0.2, 0.25) is 0 Å². The second kappa shape index (κ2) is 5.58. The highest BCUT2D eigenvalue weighted by Crippen LogP contribution is 2.36. The topological polar surface area (TPSA) is 127 Å². The van der Waals surface area contributed by atoms with E-state index in [9.17, 15) is 23.3 Å². The summed E-state index contributed by atoms with van der Waals surface area (Å²) in [6, 6.07) is 0.939. The van der Waals surface area contributed by atoms with Crippen LogP contribution < -0.4 is 5.73 Å². The lowest BCUT2D eigenvalue weighted by Gasteiger charge is -2.18. The van der Waals surface area contributed by atoms with Gasteiger partial charge in [-0.1, -0.05) is 11.3 Å². The molecule has 2 heterocycles. The molecule has 0 spiro atoms. The third kappa shape index (κ3) is 2.99. The van der Waals surface area contributed by atoms with Crippen LogP contribution in [-0.2, 0) is 14.8 Å². The van der Waals surface area contributed by atoms with Crippen molar-refractivity contribution < 1.29 is 18.1 Å². The molecule has 0 aliphatic carbocycles. The molecule has 2 N–H and O–H groups in total. The number of likely N-dealkylation sites (N-methyl/N-ethyl adjacent to an activating group) is 1. The van der Waals surface area contributed by atoms with Gasteiger partial charge in [0, 0.05) is 26.2 Å². The number of nitrogen functional groups attached to an aromatic ring is 1. The number of amides is 1. The van der Waals surface area contributed by atoms with E-state index < -0.39 is 20.6 Å². The molecule has 116 valence electrons. The van der Waals surface area contributed by atoms with Gasteiger partial charge >= 0.3 is 5.69 Å². The lowest BCUT2D eigenvalue weighted by Crippen LogP contribution is -2.37. The lowest BCUT2D eigenvalue weighted by atomic mass is 10.4. The molecule has 9 nitrogen and oxygen atoms in total. The Morgan fingerprint density at radius 3 is 2.67 bits per heavy atom. The first kappa shape index (κ1) is 15.7. The van der Waals surface area contributed by atoms with Crippen LogP contribution in [0.5, 0.6) is 0 Å². The number of nitrogens with zero attached hydrogens (tertiary/aromatic N) is 3. The van der Waals surface area contributed by atoms with Crippen LogP contribution >= 0.6 is 11.3 Å². The fourth-order valence-electron chi connectivity index (χ4n) is 1.93. The van der Waals surface area contributed by atoms with Crippen molar-refractivity contribution in [3.63, 3.8) is 0 Å². The van der Waals surface area contributed by atoms with E-state index in [1.54, 1.807) is 7.05 Å². The Kier molecular flexibility index (Phi) is 4.16. The van der Waals surface area contributed by atoms with Crippen LogP contribution in [0.4, 0.5) is 10.7 Å². The Bertz CT molecular complexity index is 684. The maximum absolute atomic E-state index is 12.5. The van der Waals surface area contributed by atoms with E-state index in [-0.39, 0.29) is 28.2 Å². The average Bonchev–Trinajstić information content (AvgIpc) is 2.71. The molecule has 1 fully saturated rings. The van der Waals surface area contributed by atoms with Crippen molar-refractivity contribution in [2.24, 2.45) is 0 Å². The fraction of sp³-hybridized carbons (Fsp3) is 0.500.